The topological polar surface area (TPSA) is 55.6 Å². The summed E-state index contributed by atoms with van der Waals surface area (Å²) in [4.78, 5) is 14.7. The summed E-state index contributed by atoms with van der Waals surface area (Å²) in [5.74, 6) is 0.109. The van der Waals surface area contributed by atoms with Crippen molar-refractivity contribution in [3.8, 4) is 0 Å². The average Bonchev–Trinajstić information content (AvgIpc) is 2.71. The molecule has 4 nitrogen and oxygen atoms in total. The van der Waals surface area contributed by atoms with Crippen LogP contribution in [-0.4, -0.2) is 25.2 Å². The number of hydrogen-bond acceptors (Lipinski definition) is 3. The van der Waals surface area contributed by atoms with Crippen molar-refractivity contribution in [3.05, 3.63) is 29.3 Å². The summed E-state index contributed by atoms with van der Waals surface area (Å²) in [7, 11) is 0. The average molecular weight is 272 g/mol. The molecule has 0 unspecified atom stereocenters. The van der Waals surface area contributed by atoms with Crippen LogP contribution in [0.5, 0.6) is 0 Å². The van der Waals surface area contributed by atoms with E-state index in [2.05, 4.69) is 0 Å². The van der Waals surface area contributed by atoms with Gasteiger partial charge in [-0.15, -0.1) is 0 Å². The molecule has 0 spiro atoms. The lowest BCUT2D eigenvalue weighted by molar-refractivity contribution is -0.113. The predicted molar refractivity (Wildman–Crippen MR) is 80.4 cm³/mol. The summed E-state index contributed by atoms with van der Waals surface area (Å²) >= 11 is 0. The van der Waals surface area contributed by atoms with E-state index in [0.29, 0.717) is 18.9 Å². The summed E-state index contributed by atoms with van der Waals surface area (Å²) < 4.78 is 5.40. The fourth-order valence-corrected chi connectivity index (χ4v) is 3.03. The van der Waals surface area contributed by atoms with E-state index in [9.17, 15) is 4.79 Å². The van der Waals surface area contributed by atoms with Crippen LogP contribution in [0.2, 0.25) is 0 Å². The fraction of sp³-hybridized carbons (Fsp3) is 0.438. The van der Waals surface area contributed by atoms with Gasteiger partial charge in [-0.3, -0.25) is 4.79 Å². The first-order valence-corrected chi connectivity index (χ1v) is 7.13. The minimum Gasteiger partial charge on any atom is -0.399 e. The van der Waals surface area contributed by atoms with Gasteiger partial charge < -0.3 is 15.4 Å². The molecule has 1 fully saturated rings. The Labute approximate surface area is 119 Å². The number of hydrogen-bond donors (Lipinski definition) is 1. The number of amides is 1. The SMILES string of the molecule is CC(C)N1C(=O)C(=C2CCOCC2)c2cc(N)ccc21. The summed E-state index contributed by atoms with van der Waals surface area (Å²) in [5.41, 5.74) is 10.6. The lowest BCUT2D eigenvalue weighted by Crippen LogP contribution is -2.33. The van der Waals surface area contributed by atoms with Crippen LogP contribution in [0, 0.1) is 0 Å². The van der Waals surface area contributed by atoms with Crippen molar-refractivity contribution in [2.75, 3.05) is 23.8 Å². The van der Waals surface area contributed by atoms with E-state index in [-0.39, 0.29) is 11.9 Å². The third-order valence-electron chi connectivity index (χ3n) is 3.95. The van der Waals surface area contributed by atoms with Crippen molar-refractivity contribution in [1.82, 2.24) is 0 Å². The molecule has 0 aliphatic carbocycles. The van der Waals surface area contributed by atoms with Crippen molar-refractivity contribution < 1.29 is 9.53 Å². The number of ether oxygens (including phenoxy) is 1. The van der Waals surface area contributed by atoms with Crippen molar-refractivity contribution in [2.45, 2.75) is 32.7 Å². The number of nitrogens with two attached hydrogens (primary N) is 1. The largest absolute Gasteiger partial charge is 0.399 e. The lowest BCUT2D eigenvalue weighted by Gasteiger charge is -2.22. The highest BCUT2D eigenvalue weighted by Gasteiger charge is 2.36. The summed E-state index contributed by atoms with van der Waals surface area (Å²) in [6.07, 6.45) is 1.67. The molecular formula is C16H20N2O2. The number of rotatable bonds is 1. The Bertz CT molecular complexity index is 582. The molecular weight excluding hydrogens is 252 g/mol. The second kappa shape index (κ2) is 4.94. The van der Waals surface area contributed by atoms with Gasteiger partial charge in [0.1, 0.15) is 0 Å². The molecule has 0 saturated carbocycles. The molecule has 1 aromatic carbocycles. The maximum atomic E-state index is 12.8. The number of fused-ring (bicyclic) bond motifs is 1. The molecule has 1 amide bonds. The Kier molecular flexibility index (Phi) is 3.26. The number of anilines is 2. The third kappa shape index (κ3) is 2.00. The Hall–Kier alpha value is -1.81. The number of carbonyl (C=O) groups excluding carboxylic acids is 1. The molecule has 2 N–H and O–H groups in total. The van der Waals surface area contributed by atoms with Gasteiger partial charge in [-0.25, -0.2) is 0 Å². The first-order valence-electron chi connectivity index (χ1n) is 7.13. The maximum absolute atomic E-state index is 12.8. The quantitative estimate of drug-likeness (QED) is 0.631. The van der Waals surface area contributed by atoms with Crippen molar-refractivity contribution >= 4 is 22.9 Å². The fourth-order valence-electron chi connectivity index (χ4n) is 3.03. The zero-order valence-corrected chi connectivity index (χ0v) is 12.0. The van der Waals surface area contributed by atoms with Crippen molar-refractivity contribution in [1.29, 1.82) is 0 Å². The van der Waals surface area contributed by atoms with Gasteiger partial charge in [0.2, 0.25) is 0 Å². The zero-order valence-electron chi connectivity index (χ0n) is 12.0. The molecule has 2 aliphatic rings. The van der Waals surface area contributed by atoms with Gasteiger partial charge in [0.25, 0.3) is 5.91 Å². The van der Waals surface area contributed by atoms with Crippen LogP contribution in [-0.2, 0) is 9.53 Å². The molecule has 0 aromatic heterocycles. The van der Waals surface area contributed by atoms with Crippen molar-refractivity contribution in [2.24, 2.45) is 0 Å². The van der Waals surface area contributed by atoms with Crippen LogP contribution >= 0.6 is 0 Å². The molecule has 2 aliphatic heterocycles. The van der Waals surface area contributed by atoms with Crippen molar-refractivity contribution in [3.63, 3.8) is 0 Å². The smallest absolute Gasteiger partial charge is 0.259 e. The Morgan fingerprint density at radius 3 is 2.60 bits per heavy atom. The number of nitrogen functional groups attached to an aromatic ring is 1. The second-order valence-electron chi connectivity index (χ2n) is 5.64. The minimum atomic E-state index is 0.109. The van der Waals surface area contributed by atoms with Gasteiger partial charge in [-0.05, 0) is 44.9 Å². The standard InChI is InChI=1S/C16H20N2O2/c1-10(2)18-14-4-3-12(17)9-13(14)15(16(18)19)11-5-7-20-8-6-11/h3-4,9-10H,5-8,17H2,1-2H3. The molecule has 1 aromatic rings. The van der Waals surface area contributed by atoms with E-state index in [1.54, 1.807) is 0 Å². The van der Waals surface area contributed by atoms with E-state index in [0.717, 1.165) is 29.7 Å². The van der Waals surface area contributed by atoms with E-state index in [1.165, 1.54) is 5.57 Å². The van der Waals surface area contributed by atoms with Gasteiger partial charge in [-0.2, -0.15) is 0 Å². The molecule has 106 valence electrons. The molecule has 0 bridgehead atoms. The van der Waals surface area contributed by atoms with Gasteiger partial charge in [-0.1, -0.05) is 5.57 Å². The van der Waals surface area contributed by atoms with E-state index in [4.69, 9.17) is 10.5 Å². The number of carbonyl (C=O) groups is 1. The Morgan fingerprint density at radius 1 is 1.25 bits per heavy atom. The first-order chi connectivity index (χ1) is 9.59. The van der Waals surface area contributed by atoms with Crippen LogP contribution in [0.3, 0.4) is 0 Å². The minimum absolute atomic E-state index is 0.109. The van der Waals surface area contributed by atoms with Crippen LogP contribution < -0.4 is 10.6 Å². The summed E-state index contributed by atoms with van der Waals surface area (Å²) in [5, 5.41) is 0. The second-order valence-corrected chi connectivity index (χ2v) is 5.64. The highest BCUT2D eigenvalue weighted by Crippen LogP contribution is 2.42. The van der Waals surface area contributed by atoms with E-state index in [1.807, 2.05) is 36.9 Å². The molecule has 3 rings (SSSR count). The monoisotopic (exact) mass is 272 g/mol. The van der Waals surface area contributed by atoms with Crippen LogP contribution in [0.1, 0.15) is 32.3 Å². The molecule has 1 saturated heterocycles. The Morgan fingerprint density at radius 2 is 1.95 bits per heavy atom. The zero-order chi connectivity index (χ0) is 14.3. The highest BCUT2D eigenvalue weighted by molar-refractivity contribution is 6.33. The normalized spacial score (nSPS) is 18.9. The third-order valence-corrected chi connectivity index (χ3v) is 3.95. The molecule has 0 atom stereocenters. The van der Waals surface area contributed by atoms with Crippen LogP contribution in [0.15, 0.2) is 23.8 Å². The maximum Gasteiger partial charge on any atom is 0.259 e. The van der Waals surface area contributed by atoms with Gasteiger partial charge >= 0.3 is 0 Å². The van der Waals surface area contributed by atoms with Crippen LogP contribution in [0.4, 0.5) is 11.4 Å². The lowest BCUT2D eigenvalue weighted by atomic mass is 9.95. The molecule has 2 heterocycles. The molecule has 0 radical (unpaired) electrons. The molecule has 20 heavy (non-hydrogen) atoms. The van der Waals surface area contributed by atoms with Gasteiger partial charge in [0, 0.05) is 22.9 Å². The molecule has 4 heteroatoms. The number of nitrogens with zero attached hydrogens (tertiary/aromatic N) is 1. The highest BCUT2D eigenvalue weighted by atomic mass is 16.5. The number of benzene rings is 1. The van der Waals surface area contributed by atoms with E-state index >= 15 is 0 Å². The van der Waals surface area contributed by atoms with Gasteiger partial charge in [0.05, 0.1) is 18.9 Å². The summed E-state index contributed by atoms with van der Waals surface area (Å²) in [6.45, 7) is 5.47. The summed E-state index contributed by atoms with van der Waals surface area (Å²) in [6, 6.07) is 5.88. The van der Waals surface area contributed by atoms with Crippen LogP contribution in [0.25, 0.3) is 5.57 Å². The van der Waals surface area contributed by atoms with E-state index < -0.39 is 0 Å². The Balaban J connectivity index is 2.17. The van der Waals surface area contributed by atoms with Gasteiger partial charge in [0.15, 0.2) is 0 Å². The predicted octanol–water partition coefficient (Wildman–Crippen LogP) is 2.59. The first kappa shape index (κ1) is 13.2.